The fourth-order valence-electron chi connectivity index (χ4n) is 4.19. The van der Waals surface area contributed by atoms with Crippen molar-refractivity contribution in [3.8, 4) is 0 Å². The molecule has 0 radical (unpaired) electrons. The van der Waals surface area contributed by atoms with Crippen LogP contribution in [0.3, 0.4) is 0 Å². The van der Waals surface area contributed by atoms with E-state index >= 15 is 0 Å². The molecule has 158 valence electrons. The molecule has 5 nitrogen and oxygen atoms in total. The van der Waals surface area contributed by atoms with Gasteiger partial charge in [-0.2, -0.15) is 0 Å². The van der Waals surface area contributed by atoms with E-state index in [1.54, 1.807) is 12.1 Å². The molecule has 2 fully saturated rings. The van der Waals surface area contributed by atoms with E-state index in [1.807, 2.05) is 17.0 Å². The van der Waals surface area contributed by atoms with Crippen LogP contribution in [0.1, 0.15) is 30.7 Å². The van der Waals surface area contributed by atoms with Crippen LogP contribution in [0.2, 0.25) is 0 Å². The number of anilines is 1. The van der Waals surface area contributed by atoms with Gasteiger partial charge in [-0.15, -0.1) is 0 Å². The highest BCUT2D eigenvalue weighted by Gasteiger charge is 2.46. The van der Waals surface area contributed by atoms with Gasteiger partial charge in [-0.3, -0.25) is 4.79 Å². The lowest BCUT2D eigenvalue weighted by molar-refractivity contribution is -0.134. The van der Waals surface area contributed by atoms with E-state index in [-0.39, 0.29) is 23.8 Å². The minimum Gasteiger partial charge on any atom is -0.342 e. The first kappa shape index (κ1) is 20.8. The van der Waals surface area contributed by atoms with Crippen LogP contribution in [0, 0.1) is 17.7 Å². The summed E-state index contributed by atoms with van der Waals surface area (Å²) in [6.45, 7) is 1.95. The number of piperidine rings is 1. The predicted molar refractivity (Wildman–Crippen MR) is 118 cm³/mol. The minimum atomic E-state index is -0.393. The third-order valence-corrected chi connectivity index (χ3v) is 6.40. The summed E-state index contributed by atoms with van der Waals surface area (Å²) in [5.41, 5.74) is 1.64. The van der Waals surface area contributed by atoms with Gasteiger partial charge in [0.05, 0.1) is 0 Å². The van der Waals surface area contributed by atoms with Crippen molar-refractivity contribution in [2.75, 3.05) is 25.0 Å². The molecule has 4 rings (SSSR count). The third kappa shape index (κ3) is 5.19. The molecule has 1 saturated carbocycles. The summed E-state index contributed by atoms with van der Waals surface area (Å²) in [4.78, 5) is 27.0. The maximum atomic E-state index is 13.2. The molecule has 0 bridgehead atoms. The Kier molecular flexibility index (Phi) is 6.37. The van der Waals surface area contributed by atoms with E-state index in [9.17, 15) is 14.0 Å². The number of benzene rings is 2. The van der Waals surface area contributed by atoms with Gasteiger partial charge >= 0.3 is 6.03 Å². The number of urea groups is 1. The molecule has 3 amide bonds. The summed E-state index contributed by atoms with van der Waals surface area (Å²) in [5.74, 6) is 0.466. The van der Waals surface area contributed by atoms with Crippen LogP contribution in [0.15, 0.2) is 53.0 Å². The Labute approximate surface area is 184 Å². The molecule has 2 aliphatic rings. The van der Waals surface area contributed by atoms with Crippen molar-refractivity contribution in [1.82, 2.24) is 10.2 Å². The first-order valence-electron chi connectivity index (χ1n) is 10.3. The van der Waals surface area contributed by atoms with E-state index < -0.39 is 5.82 Å². The highest BCUT2D eigenvalue weighted by atomic mass is 79.9. The minimum absolute atomic E-state index is 0.0779. The van der Waals surface area contributed by atoms with E-state index in [2.05, 4.69) is 38.7 Å². The molecule has 1 saturated heterocycles. The van der Waals surface area contributed by atoms with Crippen molar-refractivity contribution in [3.63, 3.8) is 0 Å². The topological polar surface area (TPSA) is 61.4 Å². The number of hydrogen-bond donors (Lipinski definition) is 2. The van der Waals surface area contributed by atoms with Crippen molar-refractivity contribution in [3.05, 3.63) is 64.4 Å². The fourth-order valence-corrected chi connectivity index (χ4v) is 4.46. The van der Waals surface area contributed by atoms with Crippen molar-refractivity contribution in [1.29, 1.82) is 0 Å². The van der Waals surface area contributed by atoms with Gasteiger partial charge in [0.1, 0.15) is 5.82 Å². The molecule has 3 atom stereocenters. The zero-order chi connectivity index (χ0) is 21.1. The quantitative estimate of drug-likeness (QED) is 0.657. The van der Waals surface area contributed by atoms with Crippen LogP contribution in [0.25, 0.3) is 0 Å². The first-order valence-corrected chi connectivity index (χ1v) is 11.1. The number of rotatable bonds is 5. The van der Waals surface area contributed by atoms with E-state index in [1.165, 1.54) is 17.7 Å². The van der Waals surface area contributed by atoms with Crippen molar-refractivity contribution >= 4 is 33.6 Å². The van der Waals surface area contributed by atoms with Gasteiger partial charge in [0.25, 0.3) is 0 Å². The molecule has 2 aromatic rings. The molecule has 0 aromatic heterocycles. The Balaban J connectivity index is 1.25. The lowest BCUT2D eigenvalue weighted by Crippen LogP contribution is -2.45. The van der Waals surface area contributed by atoms with E-state index in [0.717, 1.165) is 30.3 Å². The van der Waals surface area contributed by atoms with Gasteiger partial charge in [-0.1, -0.05) is 34.1 Å². The summed E-state index contributed by atoms with van der Waals surface area (Å²) in [6, 6.07) is 13.7. The molecule has 1 aliphatic carbocycles. The largest absolute Gasteiger partial charge is 0.342 e. The SMILES string of the molecule is O=C(NCC1CCCN(C(=O)C2CC2c2ccc(Br)cc2)C1)Nc1cccc(F)c1. The first-order chi connectivity index (χ1) is 14.5. The second kappa shape index (κ2) is 9.16. The van der Waals surface area contributed by atoms with Crippen LogP contribution in [0.5, 0.6) is 0 Å². The van der Waals surface area contributed by atoms with Crippen LogP contribution >= 0.6 is 15.9 Å². The third-order valence-electron chi connectivity index (χ3n) is 5.87. The Bertz CT molecular complexity index is 921. The molecule has 30 heavy (non-hydrogen) atoms. The number of nitrogens with zero attached hydrogens (tertiary/aromatic N) is 1. The lowest BCUT2D eigenvalue weighted by Gasteiger charge is -2.33. The molecule has 1 heterocycles. The zero-order valence-electron chi connectivity index (χ0n) is 16.6. The maximum absolute atomic E-state index is 13.2. The van der Waals surface area contributed by atoms with Crippen molar-refractivity contribution < 1.29 is 14.0 Å². The summed E-state index contributed by atoms with van der Waals surface area (Å²) in [6.07, 6.45) is 2.83. The van der Waals surface area contributed by atoms with Crippen LogP contribution < -0.4 is 10.6 Å². The van der Waals surface area contributed by atoms with Crippen molar-refractivity contribution in [2.24, 2.45) is 11.8 Å². The predicted octanol–water partition coefficient (Wildman–Crippen LogP) is 4.75. The van der Waals surface area contributed by atoms with Gasteiger partial charge in [0, 0.05) is 35.7 Å². The highest BCUT2D eigenvalue weighted by Crippen LogP contribution is 2.48. The second-order valence-electron chi connectivity index (χ2n) is 8.14. The fraction of sp³-hybridized carbons (Fsp3) is 0.391. The normalized spacial score (nSPS) is 23.0. The Hall–Kier alpha value is -2.41. The van der Waals surface area contributed by atoms with E-state index in [4.69, 9.17) is 0 Å². The standard InChI is InChI=1S/C23H25BrFN3O2/c24-17-8-6-16(7-9-17)20-12-21(20)22(29)28-10-2-3-15(14-28)13-26-23(30)27-19-5-1-4-18(25)11-19/h1,4-9,11,15,20-21H,2-3,10,12-14H2,(H2,26,27,30). The molecule has 0 spiro atoms. The van der Waals surface area contributed by atoms with Gasteiger partial charge in [-0.05, 0) is 67.0 Å². The molecular weight excluding hydrogens is 449 g/mol. The molecule has 2 N–H and O–H groups in total. The molecule has 1 aliphatic heterocycles. The summed E-state index contributed by atoms with van der Waals surface area (Å²) < 4.78 is 14.3. The number of nitrogens with one attached hydrogen (secondary N) is 2. The van der Waals surface area contributed by atoms with Gasteiger partial charge in [0.2, 0.25) is 5.91 Å². The molecule has 7 heteroatoms. The number of halogens is 2. The van der Waals surface area contributed by atoms with Crippen LogP contribution in [0.4, 0.5) is 14.9 Å². The molecule has 2 aromatic carbocycles. The zero-order valence-corrected chi connectivity index (χ0v) is 18.2. The monoisotopic (exact) mass is 473 g/mol. The average molecular weight is 474 g/mol. The van der Waals surface area contributed by atoms with Gasteiger partial charge in [-0.25, -0.2) is 9.18 Å². The van der Waals surface area contributed by atoms with Gasteiger partial charge < -0.3 is 15.5 Å². The number of hydrogen-bond acceptors (Lipinski definition) is 2. The highest BCUT2D eigenvalue weighted by molar-refractivity contribution is 9.10. The Morgan fingerprint density at radius 3 is 2.73 bits per heavy atom. The lowest BCUT2D eigenvalue weighted by atomic mass is 9.97. The number of carbonyl (C=O) groups excluding carboxylic acids is 2. The molecule has 3 unspecified atom stereocenters. The Morgan fingerprint density at radius 2 is 1.97 bits per heavy atom. The average Bonchev–Trinajstić information content (AvgIpc) is 3.53. The number of likely N-dealkylation sites (tertiary alicyclic amines) is 1. The van der Waals surface area contributed by atoms with Gasteiger partial charge in [0.15, 0.2) is 0 Å². The smallest absolute Gasteiger partial charge is 0.319 e. The number of amides is 3. The Morgan fingerprint density at radius 1 is 1.17 bits per heavy atom. The van der Waals surface area contributed by atoms with E-state index in [0.29, 0.717) is 24.7 Å². The summed E-state index contributed by atoms with van der Waals surface area (Å²) >= 11 is 3.45. The summed E-state index contributed by atoms with van der Waals surface area (Å²) in [7, 11) is 0. The molecular formula is C23H25BrFN3O2. The maximum Gasteiger partial charge on any atom is 0.319 e. The van der Waals surface area contributed by atoms with Crippen LogP contribution in [-0.2, 0) is 4.79 Å². The second-order valence-corrected chi connectivity index (χ2v) is 9.05. The van der Waals surface area contributed by atoms with Crippen LogP contribution in [-0.4, -0.2) is 36.5 Å². The summed E-state index contributed by atoms with van der Waals surface area (Å²) in [5, 5.41) is 5.49. The van der Waals surface area contributed by atoms with Crippen molar-refractivity contribution in [2.45, 2.75) is 25.2 Å². The number of carbonyl (C=O) groups is 2.